The number of methoxy groups -OCH3 is 1. The lowest BCUT2D eigenvalue weighted by atomic mass is 10.2. The second kappa shape index (κ2) is 13.0. The summed E-state index contributed by atoms with van der Waals surface area (Å²) in [5.41, 5.74) is 0.263. The monoisotopic (exact) mass is 619 g/mol. The highest BCUT2D eigenvalue weighted by atomic mass is 28.4. The minimum atomic E-state index is -2.13. The number of rotatable bonds is 10. The number of hydrogen-bond acceptors (Lipinski definition) is 8. The molecule has 0 saturated carbocycles. The predicted molar refractivity (Wildman–Crippen MR) is 169 cm³/mol. The van der Waals surface area contributed by atoms with Crippen LogP contribution in [0.1, 0.15) is 59.8 Å². The number of ether oxygens (including phenoxy) is 3. The lowest BCUT2D eigenvalue weighted by Gasteiger charge is -2.40. The number of carbonyl (C=O) groups excluding carboxylic acids is 1. The summed E-state index contributed by atoms with van der Waals surface area (Å²) in [6.45, 7) is 22.6. The Balaban J connectivity index is 1.70. The smallest absolute Gasteiger partial charge is 0.413 e. The van der Waals surface area contributed by atoms with E-state index in [1.165, 1.54) is 4.57 Å². The van der Waals surface area contributed by atoms with Gasteiger partial charge in [0.05, 0.1) is 19.8 Å². The third-order valence-corrected chi connectivity index (χ3v) is 17.8. The van der Waals surface area contributed by atoms with Crippen LogP contribution in [0.5, 0.6) is 5.75 Å². The zero-order chi connectivity index (χ0) is 31.5. The van der Waals surface area contributed by atoms with Gasteiger partial charge in [-0.1, -0.05) is 53.7 Å². The molecule has 3 atom stereocenters. The second-order valence-electron chi connectivity index (χ2n) is 13.9. The molecule has 1 N–H and O–H groups in total. The van der Waals surface area contributed by atoms with Gasteiger partial charge in [-0.2, -0.15) is 4.98 Å². The number of carbonyl (C=O) groups is 1. The van der Waals surface area contributed by atoms with Crippen molar-refractivity contribution >= 4 is 28.5 Å². The van der Waals surface area contributed by atoms with Crippen molar-refractivity contribution in [3.63, 3.8) is 0 Å². The normalized spacial score (nSPS) is 19.9. The predicted octanol–water partition coefficient (Wildman–Crippen LogP) is 6.70. The maximum atomic E-state index is 13.1. The minimum Gasteiger partial charge on any atom is -0.497 e. The molecule has 1 aromatic heterocycles. The number of amides is 1. The van der Waals surface area contributed by atoms with Gasteiger partial charge in [0.2, 0.25) is 0 Å². The van der Waals surface area contributed by atoms with Crippen LogP contribution < -0.4 is 15.7 Å². The molecule has 234 valence electrons. The molecule has 42 heavy (non-hydrogen) atoms. The molecule has 0 aliphatic carbocycles. The highest BCUT2D eigenvalue weighted by Gasteiger charge is 2.46. The molecule has 1 aliphatic rings. The van der Waals surface area contributed by atoms with E-state index >= 15 is 0 Å². The van der Waals surface area contributed by atoms with Gasteiger partial charge in [-0.15, -0.1) is 0 Å². The lowest BCUT2D eigenvalue weighted by molar-refractivity contribution is -0.0411. The average Bonchev–Trinajstić information content (AvgIpc) is 3.26. The quantitative estimate of drug-likeness (QED) is 0.293. The molecule has 0 radical (unpaired) electrons. The van der Waals surface area contributed by atoms with Gasteiger partial charge in [-0.25, -0.2) is 9.59 Å². The number of nitrogens with zero attached hydrogens (tertiary/aromatic N) is 2. The molecule has 2 aromatic rings. The van der Waals surface area contributed by atoms with Crippen LogP contribution in [0.2, 0.25) is 36.3 Å². The first-order valence-electron chi connectivity index (χ1n) is 14.5. The van der Waals surface area contributed by atoms with E-state index in [0.29, 0.717) is 18.8 Å². The molecule has 12 heteroatoms. The molecule has 1 aromatic carbocycles. The van der Waals surface area contributed by atoms with Crippen molar-refractivity contribution in [2.75, 3.05) is 19.0 Å². The van der Waals surface area contributed by atoms with Crippen molar-refractivity contribution in [1.29, 1.82) is 0 Å². The fraction of sp³-hybridized carbons (Fsp3) is 0.633. The fourth-order valence-corrected chi connectivity index (χ4v) is 6.29. The van der Waals surface area contributed by atoms with E-state index in [0.717, 1.165) is 5.56 Å². The largest absolute Gasteiger partial charge is 0.497 e. The molecule has 0 bridgehead atoms. The van der Waals surface area contributed by atoms with Crippen molar-refractivity contribution in [2.45, 2.75) is 109 Å². The van der Waals surface area contributed by atoms with Crippen LogP contribution in [0.3, 0.4) is 0 Å². The van der Waals surface area contributed by atoms with Gasteiger partial charge in [-0.05, 0) is 60.0 Å². The van der Waals surface area contributed by atoms with E-state index in [4.69, 9.17) is 23.1 Å². The van der Waals surface area contributed by atoms with Crippen LogP contribution in [-0.4, -0.2) is 58.2 Å². The van der Waals surface area contributed by atoms with E-state index < -0.39 is 34.6 Å². The number of hydrogen-bond donors (Lipinski definition) is 1. The summed E-state index contributed by atoms with van der Waals surface area (Å²) in [6.07, 6.45) is 0.256. The van der Waals surface area contributed by atoms with E-state index in [-0.39, 0.29) is 34.7 Å². The van der Waals surface area contributed by atoms with Gasteiger partial charge < -0.3 is 23.1 Å². The third-order valence-electron chi connectivity index (χ3n) is 8.75. The van der Waals surface area contributed by atoms with Crippen molar-refractivity contribution in [3.05, 3.63) is 52.6 Å². The Labute approximate surface area is 252 Å². The van der Waals surface area contributed by atoms with Gasteiger partial charge >= 0.3 is 11.8 Å². The summed E-state index contributed by atoms with van der Waals surface area (Å²) in [7, 11) is -2.57. The molecular formula is C30H49N3O7Si2. The Kier molecular flexibility index (Phi) is 10.5. The zero-order valence-corrected chi connectivity index (χ0v) is 29.1. The Hall–Kier alpha value is -2.52. The molecule has 1 saturated heterocycles. The summed E-state index contributed by atoms with van der Waals surface area (Å²) in [6, 6.07) is 8.74. The first-order chi connectivity index (χ1) is 19.3. The van der Waals surface area contributed by atoms with E-state index in [9.17, 15) is 9.59 Å². The van der Waals surface area contributed by atoms with Crippen molar-refractivity contribution < 1.29 is 27.9 Å². The van der Waals surface area contributed by atoms with Crippen molar-refractivity contribution in [3.8, 4) is 5.75 Å². The van der Waals surface area contributed by atoms with Gasteiger partial charge in [0.15, 0.2) is 16.6 Å². The van der Waals surface area contributed by atoms with Gasteiger partial charge in [0, 0.05) is 12.6 Å². The Morgan fingerprint density at radius 1 is 1.02 bits per heavy atom. The lowest BCUT2D eigenvalue weighted by Crippen LogP contribution is -2.48. The maximum absolute atomic E-state index is 13.1. The fourth-order valence-electron chi connectivity index (χ4n) is 3.92. The van der Waals surface area contributed by atoms with Crippen LogP contribution >= 0.6 is 0 Å². The summed E-state index contributed by atoms with van der Waals surface area (Å²) in [4.78, 5) is 29.5. The van der Waals surface area contributed by atoms with Crippen LogP contribution in [0.15, 0.2) is 41.3 Å². The molecule has 1 aliphatic heterocycles. The standard InChI is InChI=1S/C30H49N3O7Si2/c1-29(2,3)41(8,9)38-20-24-23(40-42(10,11)30(4,5)6)18-26(39-24)33-17-16-25(31-27(33)34)32-28(35)37-19-21-12-14-22(36-7)15-13-21/h12-17,23-24,26H,18-20H2,1-11H3,(H,31,32,34,35)/t23?,24-,26-/m1/s1. The Morgan fingerprint density at radius 2 is 1.64 bits per heavy atom. The van der Waals surface area contributed by atoms with Crippen molar-refractivity contribution in [1.82, 2.24) is 9.55 Å². The topological polar surface area (TPSA) is 110 Å². The maximum Gasteiger partial charge on any atom is 0.413 e. The molecule has 0 spiro atoms. The first kappa shape index (κ1) is 34.0. The zero-order valence-electron chi connectivity index (χ0n) is 27.1. The van der Waals surface area contributed by atoms with Crippen LogP contribution in [0.25, 0.3) is 0 Å². The highest BCUT2D eigenvalue weighted by Crippen LogP contribution is 2.42. The number of anilines is 1. The Bertz CT molecular complexity index is 1270. The van der Waals surface area contributed by atoms with Crippen LogP contribution in [0.4, 0.5) is 10.6 Å². The van der Waals surface area contributed by atoms with Gasteiger partial charge in [-0.3, -0.25) is 9.88 Å². The first-order valence-corrected chi connectivity index (χ1v) is 20.3. The van der Waals surface area contributed by atoms with Crippen LogP contribution in [0, 0.1) is 0 Å². The summed E-state index contributed by atoms with van der Waals surface area (Å²) >= 11 is 0. The van der Waals surface area contributed by atoms with E-state index in [1.807, 2.05) is 0 Å². The van der Waals surface area contributed by atoms with Crippen molar-refractivity contribution in [2.24, 2.45) is 0 Å². The van der Waals surface area contributed by atoms with E-state index in [1.54, 1.807) is 43.6 Å². The molecule has 10 nitrogen and oxygen atoms in total. The van der Waals surface area contributed by atoms with Gasteiger partial charge in [0.25, 0.3) is 0 Å². The number of aromatic nitrogens is 2. The SMILES string of the molecule is COc1ccc(COC(=O)Nc2ccn([C@H]3CC(O[Si](C)(C)C(C)(C)C)[C@@H](CO[Si](C)(C)C(C)(C)C)O3)c(=O)n2)cc1. The summed E-state index contributed by atoms with van der Waals surface area (Å²) < 4.78 is 31.6. The summed E-state index contributed by atoms with van der Waals surface area (Å²) in [5.74, 6) is 0.812. The average molecular weight is 620 g/mol. The molecule has 1 fully saturated rings. The molecule has 1 amide bonds. The van der Waals surface area contributed by atoms with E-state index in [2.05, 4.69) is 78.0 Å². The molecular weight excluding hydrogens is 571 g/mol. The van der Waals surface area contributed by atoms with Crippen LogP contribution in [-0.2, 0) is 24.9 Å². The Morgan fingerprint density at radius 3 is 2.19 bits per heavy atom. The third kappa shape index (κ3) is 8.53. The molecule has 3 rings (SSSR count). The minimum absolute atomic E-state index is 0.0175. The molecule has 2 heterocycles. The second-order valence-corrected chi connectivity index (χ2v) is 23.5. The number of nitrogens with one attached hydrogen (secondary N) is 1. The van der Waals surface area contributed by atoms with Gasteiger partial charge in [0.1, 0.15) is 30.5 Å². The summed E-state index contributed by atoms with van der Waals surface area (Å²) in [5, 5.41) is 2.60. The number of benzene rings is 1. The molecule has 1 unspecified atom stereocenters. The highest BCUT2D eigenvalue weighted by molar-refractivity contribution is 6.74.